The predicted octanol–water partition coefficient (Wildman–Crippen LogP) is 4.51. The molecular weight excluding hydrogens is 428 g/mol. The van der Waals surface area contributed by atoms with Gasteiger partial charge in [-0.3, -0.25) is 24.1 Å². The van der Waals surface area contributed by atoms with Crippen molar-refractivity contribution in [3.8, 4) is 11.4 Å². The normalized spacial score (nSPS) is 11.2. The molecule has 3 rings (SSSR count). The van der Waals surface area contributed by atoms with E-state index in [9.17, 15) is 18.4 Å². The Kier molecular flexibility index (Phi) is 6.60. The van der Waals surface area contributed by atoms with Crippen LogP contribution in [0.15, 0.2) is 47.5 Å². The van der Waals surface area contributed by atoms with E-state index in [0.717, 1.165) is 6.20 Å². The van der Waals surface area contributed by atoms with Crippen molar-refractivity contribution in [2.45, 2.75) is 27.4 Å². The molecule has 3 heterocycles. The molecule has 3 aromatic rings. The summed E-state index contributed by atoms with van der Waals surface area (Å²) in [6.45, 7) is 4.78. The number of nitrogens with zero attached hydrogens (tertiary/aromatic N) is 3. The Morgan fingerprint density at radius 3 is 2.61 bits per heavy atom. The van der Waals surface area contributed by atoms with Gasteiger partial charge in [0, 0.05) is 24.0 Å². The molecule has 0 saturated carbocycles. The van der Waals surface area contributed by atoms with Crippen molar-refractivity contribution in [1.82, 2.24) is 14.5 Å². The van der Waals surface area contributed by atoms with E-state index in [0.29, 0.717) is 23.0 Å². The van der Waals surface area contributed by atoms with Gasteiger partial charge < -0.3 is 4.74 Å². The molecule has 0 aliphatic carbocycles. The fraction of sp³-hybridized carbons (Fsp3) is 0.182. The first-order chi connectivity index (χ1) is 14.7. The third-order valence-corrected chi connectivity index (χ3v) is 4.78. The van der Waals surface area contributed by atoms with Crippen LogP contribution in [-0.4, -0.2) is 20.3 Å². The summed E-state index contributed by atoms with van der Waals surface area (Å²) in [7, 11) is 0. The number of hydrogen-bond acceptors (Lipinski definition) is 5. The number of aryl methyl sites for hydroxylation is 2. The highest BCUT2D eigenvalue weighted by Gasteiger charge is 2.18. The Bertz CT molecular complexity index is 1260. The molecule has 0 amide bonds. The van der Waals surface area contributed by atoms with E-state index in [1.807, 2.05) is 0 Å². The molecule has 0 aliphatic rings. The molecule has 0 bridgehead atoms. The third kappa shape index (κ3) is 4.69. The van der Waals surface area contributed by atoms with Gasteiger partial charge in [-0.05, 0) is 38.5 Å². The van der Waals surface area contributed by atoms with E-state index in [1.54, 1.807) is 26.8 Å². The van der Waals surface area contributed by atoms with Crippen molar-refractivity contribution in [2.75, 3.05) is 0 Å². The van der Waals surface area contributed by atoms with E-state index in [4.69, 9.17) is 16.3 Å². The zero-order valence-corrected chi connectivity index (χ0v) is 17.7. The second-order valence-corrected chi connectivity index (χ2v) is 7.07. The van der Waals surface area contributed by atoms with Crippen molar-refractivity contribution in [2.24, 2.45) is 0 Å². The van der Waals surface area contributed by atoms with E-state index >= 15 is 0 Å². The monoisotopic (exact) mass is 445 g/mol. The van der Waals surface area contributed by atoms with Crippen molar-refractivity contribution in [3.05, 3.63) is 92.4 Å². The van der Waals surface area contributed by atoms with E-state index in [1.165, 1.54) is 29.0 Å². The number of pyridine rings is 3. The Balaban J connectivity index is 2.00. The van der Waals surface area contributed by atoms with Crippen molar-refractivity contribution in [1.29, 1.82) is 0 Å². The molecule has 0 N–H and O–H groups in total. The average molecular weight is 446 g/mol. The lowest BCUT2D eigenvalue weighted by Crippen LogP contribution is -2.23. The molecular formula is C22H18ClF2N3O3. The Morgan fingerprint density at radius 1 is 1.19 bits per heavy atom. The minimum atomic E-state index is -0.869. The topological polar surface area (TPSA) is 74.1 Å². The maximum absolute atomic E-state index is 13.8. The van der Waals surface area contributed by atoms with Crippen LogP contribution in [0.3, 0.4) is 0 Å². The van der Waals surface area contributed by atoms with Crippen LogP contribution in [0.5, 0.6) is 5.75 Å². The number of rotatable bonds is 6. The second kappa shape index (κ2) is 9.18. The minimum absolute atomic E-state index is 0.0304. The molecule has 0 radical (unpaired) electrons. The number of hydrogen-bond donors (Lipinski definition) is 0. The van der Waals surface area contributed by atoms with Crippen LogP contribution in [-0.2, 0) is 6.61 Å². The fourth-order valence-electron chi connectivity index (χ4n) is 2.91. The minimum Gasteiger partial charge on any atom is -0.485 e. The van der Waals surface area contributed by atoms with Crippen molar-refractivity contribution >= 4 is 17.4 Å². The molecule has 0 aliphatic heterocycles. The van der Waals surface area contributed by atoms with Gasteiger partial charge in [0.25, 0.3) is 5.56 Å². The molecule has 6 nitrogen and oxygen atoms in total. The predicted molar refractivity (Wildman–Crippen MR) is 112 cm³/mol. The van der Waals surface area contributed by atoms with Crippen LogP contribution >= 0.6 is 11.6 Å². The highest BCUT2D eigenvalue weighted by molar-refractivity contribution is 6.31. The summed E-state index contributed by atoms with van der Waals surface area (Å²) in [5.41, 5.74) is 1.05. The van der Waals surface area contributed by atoms with Crippen LogP contribution in [0.25, 0.3) is 5.69 Å². The maximum Gasteiger partial charge on any atom is 0.277 e. The lowest BCUT2D eigenvalue weighted by Gasteiger charge is -2.16. The quantitative estimate of drug-likeness (QED) is 0.412. The zero-order chi connectivity index (χ0) is 22.7. The Labute approximate surface area is 181 Å². The number of halogens is 3. The summed E-state index contributed by atoms with van der Waals surface area (Å²) < 4.78 is 33.6. The number of carbonyl (C=O) groups excluding carboxylic acids is 1. The lowest BCUT2D eigenvalue weighted by atomic mass is 10.1. The molecule has 0 fully saturated rings. The number of ketones is 1. The first kappa shape index (κ1) is 22.3. The van der Waals surface area contributed by atoms with E-state index < -0.39 is 17.2 Å². The highest BCUT2D eigenvalue weighted by atomic mass is 35.5. The number of carbonyl (C=O) groups is 1. The maximum atomic E-state index is 13.8. The summed E-state index contributed by atoms with van der Waals surface area (Å²) in [5.74, 6) is -1.94. The smallest absolute Gasteiger partial charge is 0.277 e. The fourth-order valence-corrected chi connectivity index (χ4v) is 3.10. The third-order valence-electron chi connectivity index (χ3n) is 4.43. The van der Waals surface area contributed by atoms with Gasteiger partial charge in [0.15, 0.2) is 5.82 Å². The zero-order valence-electron chi connectivity index (χ0n) is 16.9. The Morgan fingerprint density at radius 2 is 1.94 bits per heavy atom. The van der Waals surface area contributed by atoms with Crippen LogP contribution in [0.2, 0.25) is 5.02 Å². The highest BCUT2D eigenvalue weighted by Crippen LogP contribution is 2.26. The van der Waals surface area contributed by atoms with Gasteiger partial charge >= 0.3 is 0 Å². The Hall–Kier alpha value is -3.39. The van der Waals surface area contributed by atoms with E-state index in [-0.39, 0.29) is 34.6 Å². The van der Waals surface area contributed by atoms with Gasteiger partial charge in [-0.1, -0.05) is 17.7 Å². The van der Waals surface area contributed by atoms with Gasteiger partial charge in [-0.25, -0.2) is 8.78 Å². The summed E-state index contributed by atoms with van der Waals surface area (Å²) in [5, 5.41) is -0.231. The number of aromatic nitrogens is 3. The van der Waals surface area contributed by atoms with Crippen molar-refractivity contribution in [3.63, 3.8) is 0 Å². The SMILES string of the molecule is C/C=C/C(=O)c1cc(-n2c(C)cc(OCc3ncc(F)cc3F)c(Cl)c2=O)c(C)cn1. The number of allylic oxidation sites excluding steroid dienone is 2. The largest absolute Gasteiger partial charge is 0.485 e. The van der Waals surface area contributed by atoms with Gasteiger partial charge in [-0.15, -0.1) is 0 Å². The molecule has 31 heavy (non-hydrogen) atoms. The summed E-state index contributed by atoms with van der Waals surface area (Å²) in [6.07, 6.45) is 5.34. The second-order valence-electron chi connectivity index (χ2n) is 6.70. The molecule has 160 valence electrons. The molecule has 0 unspecified atom stereocenters. The lowest BCUT2D eigenvalue weighted by molar-refractivity contribution is 0.104. The molecule has 3 aromatic heterocycles. The molecule has 0 spiro atoms. The van der Waals surface area contributed by atoms with Crippen LogP contribution < -0.4 is 10.3 Å². The first-order valence-corrected chi connectivity index (χ1v) is 9.59. The molecule has 0 saturated heterocycles. The van der Waals surface area contributed by atoms with Crippen LogP contribution in [0.1, 0.15) is 34.4 Å². The van der Waals surface area contributed by atoms with Gasteiger partial charge in [0.05, 0.1) is 11.9 Å². The number of ether oxygens (including phenoxy) is 1. The van der Waals surface area contributed by atoms with Gasteiger partial charge in [-0.2, -0.15) is 0 Å². The summed E-state index contributed by atoms with van der Waals surface area (Å²) in [4.78, 5) is 32.9. The first-order valence-electron chi connectivity index (χ1n) is 9.21. The standard InChI is InChI=1S/C22H18ClF2N3O3/c1-4-5-19(29)16-8-18(12(2)9-26-16)28-13(3)6-20(21(23)22(28)30)31-11-17-15(25)7-14(24)10-27-17/h4-10H,11H2,1-3H3/b5-4+. The van der Waals surface area contributed by atoms with Crippen LogP contribution in [0.4, 0.5) is 8.78 Å². The summed E-state index contributed by atoms with van der Waals surface area (Å²) in [6, 6.07) is 3.72. The van der Waals surface area contributed by atoms with E-state index in [2.05, 4.69) is 9.97 Å². The van der Waals surface area contributed by atoms with Gasteiger partial charge in [0.2, 0.25) is 5.78 Å². The summed E-state index contributed by atoms with van der Waals surface area (Å²) >= 11 is 6.23. The molecule has 0 atom stereocenters. The molecule has 9 heteroatoms. The molecule has 0 aromatic carbocycles. The van der Waals surface area contributed by atoms with Crippen LogP contribution in [0, 0.1) is 25.5 Å². The van der Waals surface area contributed by atoms with Gasteiger partial charge in [0.1, 0.15) is 34.6 Å². The van der Waals surface area contributed by atoms with Crippen molar-refractivity contribution < 1.29 is 18.3 Å². The average Bonchev–Trinajstić information content (AvgIpc) is 2.72.